The number of carbonyl (C=O) groups excluding carboxylic acids is 1. The topological polar surface area (TPSA) is 76.8 Å². The Morgan fingerprint density at radius 1 is 1.07 bits per heavy atom. The molecule has 0 saturated heterocycles. The van der Waals surface area contributed by atoms with Crippen molar-refractivity contribution in [3.8, 4) is 11.4 Å². The number of hydrazone groups is 1. The summed E-state index contributed by atoms with van der Waals surface area (Å²) in [5.41, 5.74) is 3.80. The summed E-state index contributed by atoms with van der Waals surface area (Å²) < 4.78 is 20.6. The van der Waals surface area contributed by atoms with Crippen LogP contribution in [0.4, 0.5) is 4.39 Å². The van der Waals surface area contributed by atoms with Crippen LogP contribution in [0, 0.1) is 5.82 Å². The zero-order chi connectivity index (χ0) is 27.6. The van der Waals surface area contributed by atoms with Crippen LogP contribution in [0.25, 0.3) is 5.69 Å². The summed E-state index contributed by atoms with van der Waals surface area (Å²) in [6.45, 7) is 0. The van der Waals surface area contributed by atoms with Gasteiger partial charge in [0, 0.05) is 18.6 Å². The number of ether oxygens (including phenoxy) is 1. The van der Waals surface area contributed by atoms with Crippen LogP contribution in [0.15, 0.2) is 98.8 Å². The Labute approximate surface area is 239 Å². The smallest absolute Gasteiger partial charge is 0.272 e. The van der Waals surface area contributed by atoms with Crippen LogP contribution in [0.3, 0.4) is 0 Å². The van der Waals surface area contributed by atoms with Gasteiger partial charge < -0.3 is 4.74 Å². The van der Waals surface area contributed by atoms with Crippen molar-refractivity contribution in [2.75, 3.05) is 18.6 Å². The van der Waals surface area contributed by atoms with Gasteiger partial charge >= 0.3 is 0 Å². The Kier molecular flexibility index (Phi) is 7.44. The van der Waals surface area contributed by atoms with Gasteiger partial charge in [-0.25, -0.2) is 14.4 Å². The van der Waals surface area contributed by atoms with E-state index in [9.17, 15) is 14.0 Å². The predicted molar refractivity (Wildman–Crippen MR) is 155 cm³/mol. The molecule has 6 rings (SSSR count). The summed E-state index contributed by atoms with van der Waals surface area (Å²) in [5.74, 6) is 1.00. The molecule has 202 valence electrons. The van der Waals surface area contributed by atoms with Gasteiger partial charge in [-0.05, 0) is 59.7 Å². The Morgan fingerprint density at radius 2 is 1.82 bits per heavy atom. The van der Waals surface area contributed by atoms with Crippen molar-refractivity contribution < 1.29 is 13.9 Å². The van der Waals surface area contributed by atoms with Gasteiger partial charge in [-0.1, -0.05) is 42.1 Å². The largest absolute Gasteiger partial charge is 0.497 e. The molecular weight excluding hydrogens is 547 g/mol. The Bertz CT molecular complexity index is 1640. The quantitative estimate of drug-likeness (QED) is 0.215. The number of methoxy groups -OCH3 is 1. The van der Waals surface area contributed by atoms with Crippen LogP contribution in [-0.4, -0.2) is 44.8 Å². The minimum atomic E-state index is -0.383. The highest BCUT2D eigenvalue weighted by molar-refractivity contribution is 8.00. The van der Waals surface area contributed by atoms with Gasteiger partial charge in [0.15, 0.2) is 5.16 Å². The van der Waals surface area contributed by atoms with Gasteiger partial charge in [0.25, 0.3) is 11.5 Å². The first kappa shape index (κ1) is 26.3. The average Bonchev–Trinajstić information content (AvgIpc) is 3.65. The lowest BCUT2D eigenvalue weighted by Gasteiger charge is -2.22. The van der Waals surface area contributed by atoms with E-state index in [0.29, 0.717) is 22.2 Å². The molecule has 0 bridgehead atoms. The number of hydrogen-bond donors (Lipinski definition) is 0. The average molecular weight is 573 g/mol. The second-order valence-electron chi connectivity index (χ2n) is 9.32. The molecule has 0 aliphatic carbocycles. The number of para-hydroxylation sites is 1. The lowest BCUT2D eigenvalue weighted by atomic mass is 9.98. The molecule has 1 aromatic heterocycles. The Hall–Kier alpha value is -3.89. The molecule has 40 heavy (non-hydrogen) atoms. The van der Waals surface area contributed by atoms with Crippen LogP contribution in [0.2, 0.25) is 0 Å². The highest BCUT2D eigenvalue weighted by atomic mass is 32.2. The lowest BCUT2D eigenvalue weighted by molar-refractivity contribution is -0.130. The zero-order valence-corrected chi connectivity index (χ0v) is 23.3. The van der Waals surface area contributed by atoms with E-state index in [4.69, 9.17) is 14.8 Å². The molecule has 10 heteroatoms. The van der Waals surface area contributed by atoms with Gasteiger partial charge in [-0.15, -0.1) is 11.8 Å². The minimum absolute atomic E-state index is 0.0300. The zero-order valence-electron chi connectivity index (χ0n) is 21.6. The third kappa shape index (κ3) is 5.16. The van der Waals surface area contributed by atoms with Crippen molar-refractivity contribution >= 4 is 35.1 Å². The van der Waals surface area contributed by atoms with Gasteiger partial charge in [0.05, 0.1) is 40.9 Å². The lowest BCUT2D eigenvalue weighted by Crippen LogP contribution is -2.29. The first-order chi connectivity index (χ1) is 19.5. The normalized spacial score (nSPS) is 16.1. The second-order valence-corrected chi connectivity index (χ2v) is 11.4. The van der Waals surface area contributed by atoms with Crippen molar-refractivity contribution in [2.45, 2.75) is 28.9 Å². The monoisotopic (exact) mass is 572 g/mol. The number of benzene rings is 3. The first-order valence-electron chi connectivity index (χ1n) is 12.8. The van der Waals surface area contributed by atoms with Crippen LogP contribution in [0.1, 0.15) is 29.3 Å². The predicted octanol–water partition coefficient (Wildman–Crippen LogP) is 5.50. The van der Waals surface area contributed by atoms with Gasteiger partial charge in [-0.3, -0.25) is 14.2 Å². The van der Waals surface area contributed by atoms with Crippen molar-refractivity contribution in [1.29, 1.82) is 0 Å². The maximum absolute atomic E-state index is 13.7. The minimum Gasteiger partial charge on any atom is -0.497 e. The molecule has 2 aliphatic rings. The number of amides is 1. The molecule has 7 nitrogen and oxygen atoms in total. The standard InChI is InChI=1S/C30H25FN4O3S2/c1-38-23-13-9-19(10-14-23)25-17-26(20-7-11-21(31)12-8-20)35(33-25)27(36)18-40-30-32-24-15-16-39-28(24)29(37)34(30)22-5-3-2-4-6-22/h2-14,26H,15-18H2,1H3/t26-/m1/s1. The van der Waals surface area contributed by atoms with E-state index < -0.39 is 0 Å². The molecule has 3 aromatic carbocycles. The van der Waals surface area contributed by atoms with Crippen molar-refractivity contribution in [1.82, 2.24) is 14.6 Å². The molecule has 3 heterocycles. The summed E-state index contributed by atoms with van der Waals surface area (Å²) in [5, 5.41) is 6.68. The number of aromatic nitrogens is 2. The van der Waals surface area contributed by atoms with E-state index in [-0.39, 0.29) is 29.1 Å². The molecule has 0 spiro atoms. The van der Waals surface area contributed by atoms with Crippen molar-refractivity contribution in [3.63, 3.8) is 0 Å². The summed E-state index contributed by atoms with van der Waals surface area (Å²) >= 11 is 2.75. The number of aryl methyl sites for hydroxylation is 1. The summed E-state index contributed by atoms with van der Waals surface area (Å²) in [6, 6.07) is 22.6. The summed E-state index contributed by atoms with van der Waals surface area (Å²) in [4.78, 5) is 32.6. The third-order valence-corrected chi connectivity index (χ3v) is 8.88. The highest BCUT2D eigenvalue weighted by Crippen LogP contribution is 2.35. The molecule has 0 fully saturated rings. The van der Waals surface area contributed by atoms with E-state index in [0.717, 1.165) is 40.5 Å². The maximum atomic E-state index is 13.7. The molecule has 0 saturated carbocycles. The van der Waals surface area contributed by atoms with Gasteiger partial charge in [0.2, 0.25) is 0 Å². The molecule has 1 atom stereocenters. The third-order valence-electron chi connectivity index (χ3n) is 6.85. The summed E-state index contributed by atoms with van der Waals surface area (Å²) in [7, 11) is 1.61. The van der Waals surface area contributed by atoms with Crippen LogP contribution >= 0.6 is 23.5 Å². The first-order valence-corrected chi connectivity index (χ1v) is 14.8. The maximum Gasteiger partial charge on any atom is 0.272 e. The Morgan fingerprint density at radius 3 is 2.55 bits per heavy atom. The van der Waals surface area contributed by atoms with Crippen LogP contribution in [-0.2, 0) is 11.2 Å². The van der Waals surface area contributed by atoms with E-state index >= 15 is 0 Å². The molecule has 0 unspecified atom stereocenters. The molecule has 2 aliphatic heterocycles. The van der Waals surface area contributed by atoms with E-state index in [1.807, 2.05) is 54.6 Å². The number of halogens is 1. The molecule has 0 N–H and O–H groups in total. The van der Waals surface area contributed by atoms with Crippen LogP contribution in [0.5, 0.6) is 5.75 Å². The molecule has 0 radical (unpaired) electrons. The number of hydrogen-bond acceptors (Lipinski definition) is 7. The SMILES string of the molecule is COc1ccc(C2=NN(C(=O)CSc3nc4c(c(=O)n3-c3ccccc3)SCC4)[C@@H](c3ccc(F)cc3)C2)cc1. The van der Waals surface area contributed by atoms with Gasteiger partial charge in [-0.2, -0.15) is 5.10 Å². The number of carbonyl (C=O) groups is 1. The molecular formula is C30H25FN4O3S2. The number of rotatable bonds is 7. The molecule has 4 aromatic rings. The van der Waals surface area contributed by atoms with E-state index in [2.05, 4.69) is 0 Å². The fraction of sp³-hybridized carbons (Fsp3) is 0.200. The Balaban J connectivity index is 1.31. The highest BCUT2D eigenvalue weighted by Gasteiger charge is 2.33. The van der Waals surface area contributed by atoms with Crippen LogP contribution < -0.4 is 10.3 Å². The van der Waals surface area contributed by atoms with E-state index in [1.54, 1.807) is 23.8 Å². The fourth-order valence-corrected chi connectivity index (χ4v) is 6.73. The number of fused-ring (bicyclic) bond motifs is 1. The van der Waals surface area contributed by atoms with Crippen molar-refractivity contribution in [3.05, 3.63) is 112 Å². The van der Waals surface area contributed by atoms with E-state index in [1.165, 1.54) is 40.7 Å². The van der Waals surface area contributed by atoms with Crippen molar-refractivity contribution in [2.24, 2.45) is 5.10 Å². The van der Waals surface area contributed by atoms with Gasteiger partial charge in [0.1, 0.15) is 11.6 Å². The molecule has 1 amide bonds. The second kappa shape index (κ2) is 11.3. The fourth-order valence-electron chi connectivity index (χ4n) is 4.83. The summed E-state index contributed by atoms with van der Waals surface area (Å²) in [6.07, 6.45) is 1.21. The number of nitrogens with zero attached hydrogens (tertiary/aromatic N) is 4. The number of thioether (sulfide) groups is 2.